The van der Waals surface area contributed by atoms with E-state index in [-0.39, 0.29) is 12.2 Å². The number of carboxylic acids is 1. The van der Waals surface area contributed by atoms with Crippen LogP contribution in [0.3, 0.4) is 0 Å². The normalized spacial score (nSPS) is 9.96. The van der Waals surface area contributed by atoms with E-state index in [0.717, 1.165) is 14.5 Å². The molecule has 0 heterocycles. The van der Waals surface area contributed by atoms with Gasteiger partial charge in [-0.15, -0.1) is 6.42 Å². The van der Waals surface area contributed by atoms with Crippen LogP contribution in [0.15, 0.2) is 45.3 Å². The summed E-state index contributed by atoms with van der Waals surface area (Å²) < 4.78 is 7.27. The summed E-state index contributed by atoms with van der Waals surface area (Å²) in [5.74, 6) is 2.14. The zero-order chi connectivity index (χ0) is 16.8. The molecule has 0 aliphatic rings. The lowest BCUT2D eigenvalue weighted by molar-refractivity contribution is 0.0697. The van der Waals surface area contributed by atoms with Crippen molar-refractivity contribution < 1.29 is 14.6 Å². The van der Waals surface area contributed by atoms with Crippen LogP contribution < -0.4 is 10.1 Å². The van der Waals surface area contributed by atoms with Crippen LogP contribution in [0.2, 0.25) is 0 Å². The van der Waals surface area contributed by atoms with E-state index in [2.05, 4.69) is 43.1 Å². The van der Waals surface area contributed by atoms with Crippen molar-refractivity contribution in [1.29, 1.82) is 0 Å². The summed E-state index contributed by atoms with van der Waals surface area (Å²) in [6, 6.07) is 10.4. The maximum absolute atomic E-state index is 11.0. The first-order chi connectivity index (χ1) is 11.0. The predicted molar refractivity (Wildman–Crippen MR) is 96.9 cm³/mol. The highest BCUT2D eigenvalue weighted by molar-refractivity contribution is 9.11. The predicted octanol–water partition coefficient (Wildman–Crippen LogP) is 4.53. The van der Waals surface area contributed by atoms with Crippen LogP contribution >= 0.6 is 31.9 Å². The van der Waals surface area contributed by atoms with E-state index < -0.39 is 5.97 Å². The van der Waals surface area contributed by atoms with Gasteiger partial charge in [-0.25, -0.2) is 4.79 Å². The lowest BCUT2D eigenvalue weighted by Crippen LogP contribution is -2.05. The summed E-state index contributed by atoms with van der Waals surface area (Å²) in [6.45, 7) is 0.628. The second-order valence-electron chi connectivity index (χ2n) is 4.61. The molecule has 0 saturated heterocycles. The molecule has 0 saturated carbocycles. The molecule has 23 heavy (non-hydrogen) atoms. The minimum Gasteiger partial charge on any atom is -0.479 e. The van der Waals surface area contributed by atoms with E-state index in [9.17, 15) is 4.79 Å². The maximum atomic E-state index is 11.0. The van der Waals surface area contributed by atoms with E-state index in [4.69, 9.17) is 16.3 Å². The zero-order valence-corrected chi connectivity index (χ0v) is 15.1. The van der Waals surface area contributed by atoms with Gasteiger partial charge in [-0.3, -0.25) is 0 Å². The molecular formula is C17H13Br2NO3. The highest BCUT2D eigenvalue weighted by atomic mass is 79.9. The quantitative estimate of drug-likeness (QED) is 0.650. The number of hydrogen-bond donors (Lipinski definition) is 2. The Bertz CT molecular complexity index is 769. The maximum Gasteiger partial charge on any atom is 0.335 e. The van der Waals surface area contributed by atoms with Gasteiger partial charge in [0.1, 0.15) is 12.4 Å². The Labute approximate surface area is 151 Å². The van der Waals surface area contributed by atoms with Crippen molar-refractivity contribution in [2.75, 3.05) is 11.9 Å². The van der Waals surface area contributed by atoms with Crippen molar-refractivity contribution in [3.8, 4) is 18.1 Å². The fraction of sp³-hybridized carbons (Fsp3) is 0.118. The molecule has 2 N–H and O–H groups in total. The standard InChI is InChI=1S/C17H13Br2NO3/c1-2-6-23-16-12(7-13(18)9-15(16)19)10-20-14-5-3-4-11(8-14)17(21)22/h1,3-5,7-9,20H,6,10H2,(H,21,22). The van der Waals surface area contributed by atoms with Crippen LogP contribution in [0.25, 0.3) is 0 Å². The van der Waals surface area contributed by atoms with E-state index in [0.29, 0.717) is 18.0 Å². The summed E-state index contributed by atoms with van der Waals surface area (Å²) >= 11 is 6.90. The van der Waals surface area contributed by atoms with Gasteiger partial charge in [0, 0.05) is 22.3 Å². The number of benzene rings is 2. The molecule has 0 unspecified atom stereocenters. The van der Waals surface area contributed by atoms with Gasteiger partial charge >= 0.3 is 5.97 Å². The van der Waals surface area contributed by atoms with Gasteiger partial charge in [-0.2, -0.15) is 0 Å². The Morgan fingerprint density at radius 2 is 2.09 bits per heavy atom. The molecule has 6 heteroatoms. The molecule has 0 atom stereocenters. The summed E-state index contributed by atoms with van der Waals surface area (Å²) in [5, 5.41) is 12.2. The molecule has 118 valence electrons. The van der Waals surface area contributed by atoms with Crippen molar-refractivity contribution in [3.05, 3.63) is 56.5 Å². The number of carbonyl (C=O) groups is 1. The SMILES string of the molecule is C#CCOc1c(Br)cc(Br)cc1CNc1cccc(C(=O)O)c1. The van der Waals surface area contributed by atoms with Crippen molar-refractivity contribution in [3.63, 3.8) is 0 Å². The number of terminal acetylenes is 1. The molecule has 4 nitrogen and oxygen atoms in total. The molecular weight excluding hydrogens is 426 g/mol. The number of rotatable bonds is 6. The molecule has 2 aromatic rings. The molecule has 0 bridgehead atoms. The number of nitrogens with one attached hydrogen (secondary N) is 1. The van der Waals surface area contributed by atoms with E-state index >= 15 is 0 Å². The first kappa shape index (κ1) is 17.4. The fourth-order valence-corrected chi connectivity index (χ4v) is 3.41. The average molecular weight is 439 g/mol. The van der Waals surface area contributed by atoms with Crippen molar-refractivity contribution in [2.45, 2.75) is 6.54 Å². The summed E-state index contributed by atoms with van der Waals surface area (Å²) in [7, 11) is 0. The van der Waals surface area contributed by atoms with E-state index in [1.54, 1.807) is 24.3 Å². The van der Waals surface area contributed by atoms with Crippen LogP contribution in [0.5, 0.6) is 5.75 Å². The van der Waals surface area contributed by atoms with Gasteiger partial charge in [0.05, 0.1) is 10.0 Å². The first-order valence-corrected chi connectivity index (χ1v) is 8.21. The Kier molecular flexibility index (Phi) is 6.08. The second-order valence-corrected chi connectivity index (χ2v) is 6.38. The van der Waals surface area contributed by atoms with Gasteiger partial charge < -0.3 is 15.2 Å². The molecule has 2 aromatic carbocycles. The molecule has 0 fully saturated rings. The zero-order valence-electron chi connectivity index (χ0n) is 12.0. The lowest BCUT2D eigenvalue weighted by atomic mass is 10.1. The Hall–Kier alpha value is -1.97. The van der Waals surface area contributed by atoms with Crippen LogP contribution in [-0.2, 0) is 6.54 Å². The van der Waals surface area contributed by atoms with Crippen molar-refractivity contribution in [1.82, 2.24) is 0 Å². The van der Waals surface area contributed by atoms with Crippen LogP contribution in [0.1, 0.15) is 15.9 Å². The smallest absolute Gasteiger partial charge is 0.335 e. The third kappa shape index (κ3) is 4.75. The Morgan fingerprint density at radius 3 is 2.78 bits per heavy atom. The van der Waals surface area contributed by atoms with Gasteiger partial charge in [0.15, 0.2) is 0 Å². The second kappa shape index (κ2) is 8.04. The van der Waals surface area contributed by atoms with Gasteiger partial charge in [0.25, 0.3) is 0 Å². The number of carboxylic acid groups (broad SMARTS) is 1. The van der Waals surface area contributed by atoms with Crippen LogP contribution in [-0.4, -0.2) is 17.7 Å². The highest BCUT2D eigenvalue weighted by Crippen LogP contribution is 2.33. The average Bonchev–Trinajstić information content (AvgIpc) is 2.52. The summed E-state index contributed by atoms with van der Waals surface area (Å²) in [6.07, 6.45) is 5.25. The monoisotopic (exact) mass is 437 g/mol. The number of ether oxygens (including phenoxy) is 1. The first-order valence-electron chi connectivity index (χ1n) is 6.62. The highest BCUT2D eigenvalue weighted by Gasteiger charge is 2.11. The molecule has 0 radical (unpaired) electrons. The number of aromatic carboxylic acids is 1. The summed E-state index contributed by atoms with van der Waals surface area (Å²) in [4.78, 5) is 11.0. The third-order valence-electron chi connectivity index (χ3n) is 2.98. The molecule has 0 aliphatic heterocycles. The minimum atomic E-state index is -0.961. The van der Waals surface area contributed by atoms with Gasteiger partial charge in [-0.05, 0) is 46.3 Å². The van der Waals surface area contributed by atoms with E-state index in [1.807, 2.05) is 12.1 Å². The van der Waals surface area contributed by atoms with Crippen molar-refractivity contribution >= 4 is 43.5 Å². The van der Waals surface area contributed by atoms with Gasteiger partial charge in [-0.1, -0.05) is 27.9 Å². The largest absolute Gasteiger partial charge is 0.479 e. The van der Waals surface area contributed by atoms with Crippen LogP contribution in [0, 0.1) is 12.3 Å². The van der Waals surface area contributed by atoms with E-state index in [1.165, 1.54) is 0 Å². The molecule has 0 spiro atoms. The lowest BCUT2D eigenvalue weighted by Gasteiger charge is -2.14. The fourth-order valence-electron chi connectivity index (χ4n) is 1.98. The number of halogens is 2. The Balaban J connectivity index is 2.21. The number of anilines is 1. The van der Waals surface area contributed by atoms with Gasteiger partial charge in [0.2, 0.25) is 0 Å². The van der Waals surface area contributed by atoms with Crippen molar-refractivity contribution in [2.24, 2.45) is 0 Å². The Morgan fingerprint density at radius 1 is 1.30 bits per heavy atom. The molecule has 0 aromatic heterocycles. The molecule has 2 rings (SSSR count). The molecule has 0 amide bonds. The van der Waals surface area contributed by atoms with Crippen LogP contribution in [0.4, 0.5) is 5.69 Å². The summed E-state index contributed by atoms with van der Waals surface area (Å²) in [5.41, 5.74) is 1.83. The minimum absolute atomic E-state index is 0.168. The third-order valence-corrected chi connectivity index (χ3v) is 4.02. The molecule has 0 aliphatic carbocycles. The number of hydrogen-bond acceptors (Lipinski definition) is 3. The topological polar surface area (TPSA) is 58.6 Å².